The van der Waals surface area contributed by atoms with Gasteiger partial charge in [-0.15, -0.1) is 0 Å². The summed E-state index contributed by atoms with van der Waals surface area (Å²) in [7, 11) is 2.12. The van der Waals surface area contributed by atoms with Crippen LogP contribution in [-0.2, 0) is 0 Å². The van der Waals surface area contributed by atoms with E-state index in [9.17, 15) is 4.79 Å². The molecule has 0 spiro atoms. The summed E-state index contributed by atoms with van der Waals surface area (Å²) in [6.07, 6.45) is 1.14. The molecule has 1 aromatic carbocycles. The monoisotopic (exact) mass is 273 g/mol. The molecule has 0 bridgehead atoms. The number of anilines is 1. The van der Waals surface area contributed by atoms with Crippen molar-refractivity contribution in [2.45, 2.75) is 26.3 Å². The highest BCUT2D eigenvalue weighted by Gasteiger charge is 2.06. The number of fused-ring (bicyclic) bond motifs is 1. The molecule has 0 aliphatic rings. The summed E-state index contributed by atoms with van der Waals surface area (Å²) < 4.78 is 0. The Balaban J connectivity index is 2.02. The summed E-state index contributed by atoms with van der Waals surface area (Å²) in [6, 6.07) is 10.2. The van der Waals surface area contributed by atoms with E-state index < -0.39 is 0 Å². The summed E-state index contributed by atoms with van der Waals surface area (Å²) in [4.78, 5) is 17.1. The first-order valence-corrected chi connectivity index (χ1v) is 7.18. The number of nitrogens with one attached hydrogen (secondary N) is 2. The molecule has 2 aromatic rings. The Hall–Kier alpha value is -1.81. The maximum Gasteiger partial charge on any atom is 0.257 e. The highest BCUT2D eigenvalue weighted by atomic mass is 16.1. The van der Waals surface area contributed by atoms with Crippen LogP contribution in [0.1, 0.15) is 20.3 Å². The topological polar surface area (TPSA) is 48.1 Å². The molecule has 20 heavy (non-hydrogen) atoms. The number of aromatic amines is 1. The SMILES string of the molecule is CCC(C)N(C)CCNc1cc2ccccc2c(=O)[nH]1. The van der Waals surface area contributed by atoms with Crippen LogP contribution in [0.25, 0.3) is 10.8 Å². The molecule has 1 atom stereocenters. The van der Waals surface area contributed by atoms with E-state index in [0.29, 0.717) is 6.04 Å². The van der Waals surface area contributed by atoms with Gasteiger partial charge in [-0.1, -0.05) is 25.1 Å². The maximum atomic E-state index is 11.9. The van der Waals surface area contributed by atoms with Crippen LogP contribution in [0.5, 0.6) is 0 Å². The summed E-state index contributed by atoms with van der Waals surface area (Å²) in [5.74, 6) is 0.784. The summed E-state index contributed by atoms with van der Waals surface area (Å²) >= 11 is 0. The van der Waals surface area contributed by atoms with Crippen LogP contribution in [0.4, 0.5) is 5.82 Å². The Morgan fingerprint density at radius 1 is 1.35 bits per heavy atom. The zero-order valence-corrected chi connectivity index (χ0v) is 12.4. The molecular formula is C16H23N3O. The predicted octanol–water partition coefficient (Wildman–Crippen LogP) is 2.67. The second-order valence-electron chi connectivity index (χ2n) is 5.26. The Kier molecular flexibility index (Phi) is 4.79. The minimum atomic E-state index is -0.0409. The number of rotatable bonds is 6. The van der Waals surface area contributed by atoms with E-state index in [2.05, 4.69) is 36.1 Å². The summed E-state index contributed by atoms with van der Waals surface area (Å²) in [5, 5.41) is 4.99. The van der Waals surface area contributed by atoms with Gasteiger partial charge in [-0.3, -0.25) is 4.79 Å². The standard InChI is InChI=1S/C16H23N3O/c1-4-12(2)19(3)10-9-17-15-11-13-7-5-6-8-14(13)16(20)18-15/h5-8,11-12H,4,9-10H2,1-3H3,(H2,17,18,20). The van der Waals surface area contributed by atoms with Crippen molar-refractivity contribution in [3.8, 4) is 0 Å². The fourth-order valence-corrected chi connectivity index (χ4v) is 2.21. The second kappa shape index (κ2) is 6.57. The van der Waals surface area contributed by atoms with Crippen molar-refractivity contribution in [1.29, 1.82) is 0 Å². The molecule has 0 aliphatic carbocycles. The third-order valence-corrected chi connectivity index (χ3v) is 3.88. The van der Waals surface area contributed by atoms with Gasteiger partial charge in [-0.05, 0) is 37.9 Å². The Morgan fingerprint density at radius 2 is 2.10 bits per heavy atom. The molecule has 108 valence electrons. The molecule has 1 heterocycles. The zero-order valence-electron chi connectivity index (χ0n) is 12.4. The summed E-state index contributed by atoms with van der Waals surface area (Å²) in [5.41, 5.74) is -0.0409. The van der Waals surface area contributed by atoms with Crippen molar-refractivity contribution in [3.05, 3.63) is 40.7 Å². The third kappa shape index (κ3) is 3.39. The van der Waals surface area contributed by atoms with Crippen molar-refractivity contribution in [2.75, 3.05) is 25.5 Å². The minimum Gasteiger partial charge on any atom is -0.370 e. The molecule has 1 unspecified atom stereocenters. The number of nitrogens with zero attached hydrogens (tertiary/aromatic N) is 1. The van der Waals surface area contributed by atoms with Crippen LogP contribution in [-0.4, -0.2) is 36.1 Å². The van der Waals surface area contributed by atoms with Crippen molar-refractivity contribution in [1.82, 2.24) is 9.88 Å². The van der Waals surface area contributed by atoms with Gasteiger partial charge >= 0.3 is 0 Å². The van der Waals surface area contributed by atoms with Gasteiger partial charge in [0.2, 0.25) is 0 Å². The molecule has 0 aliphatic heterocycles. The normalized spacial score (nSPS) is 12.8. The van der Waals surface area contributed by atoms with Crippen LogP contribution in [0.15, 0.2) is 35.1 Å². The first-order chi connectivity index (χ1) is 9.61. The minimum absolute atomic E-state index is 0.0409. The Morgan fingerprint density at radius 3 is 2.85 bits per heavy atom. The molecule has 0 saturated carbocycles. The predicted molar refractivity (Wildman–Crippen MR) is 85.4 cm³/mol. The maximum absolute atomic E-state index is 11.9. The van der Waals surface area contributed by atoms with Gasteiger partial charge in [0.15, 0.2) is 0 Å². The first kappa shape index (κ1) is 14.6. The van der Waals surface area contributed by atoms with Crippen LogP contribution >= 0.6 is 0 Å². The van der Waals surface area contributed by atoms with Crippen LogP contribution in [0, 0.1) is 0 Å². The molecule has 0 fully saturated rings. The van der Waals surface area contributed by atoms with E-state index in [4.69, 9.17) is 0 Å². The van der Waals surface area contributed by atoms with E-state index in [1.807, 2.05) is 30.3 Å². The quantitative estimate of drug-likeness (QED) is 0.850. The molecule has 0 radical (unpaired) electrons. The van der Waals surface area contributed by atoms with Crippen LogP contribution in [0.2, 0.25) is 0 Å². The number of hydrogen-bond acceptors (Lipinski definition) is 3. The van der Waals surface area contributed by atoms with Gasteiger partial charge < -0.3 is 15.2 Å². The number of hydrogen-bond donors (Lipinski definition) is 2. The van der Waals surface area contributed by atoms with Gasteiger partial charge in [0.05, 0.1) is 0 Å². The number of likely N-dealkylation sites (N-methyl/N-ethyl adjacent to an activating group) is 1. The van der Waals surface area contributed by atoms with Gasteiger partial charge in [-0.25, -0.2) is 0 Å². The molecule has 4 heteroatoms. The molecule has 0 saturated heterocycles. The van der Waals surface area contributed by atoms with Gasteiger partial charge in [0.1, 0.15) is 5.82 Å². The Bertz CT molecular complexity index is 620. The smallest absolute Gasteiger partial charge is 0.257 e. The van der Waals surface area contributed by atoms with Crippen molar-refractivity contribution in [3.63, 3.8) is 0 Å². The second-order valence-corrected chi connectivity index (χ2v) is 5.26. The lowest BCUT2D eigenvalue weighted by Gasteiger charge is -2.23. The highest BCUT2D eigenvalue weighted by Crippen LogP contribution is 2.12. The van der Waals surface area contributed by atoms with E-state index in [-0.39, 0.29) is 5.56 Å². The fraction of sp³-hybridized carbons (Fsp3) is 0.438. The van der Waals surface area contributed by atoms with Gasteiger partial charge in [0, 0.05) is 24.5 Å². The van der Waals surface area contributed by atoms with Gasteiger partial charge in [0.25, 0.3) is 5.56 Å². The number of aromatic nitrogens is 1. The van der Waals surface area contributed by atoms with Gasteiger partial charge in [-0.2, -0.15) is 0 Å². The van der Waals surface area contributed by atoms with Crippen LogP contribution in [0.3, 0.4) is 0 Å². The lowest BCUT2D eigenvalue weighted by molar-refractivity contribution is 0.261. The average Bonchev–Trinajstić information content (AvgIpc) is 2.46. The molecule has 2 N–H and O–H groups in total. The van der Waals surface area contributed by atoms with Crippen molar-refractivity contribution in [2.24, 2.45) is 0 Å². The number of benzene rings is 1. The third-order valence-electron chi connectivity index (χ3n) is 3.88. The molecular weight excluding hydrogens is 250 g/mol. The molecule has 4 nitrogen and oxygen atoms in total. The molecule has 2 rings (SSSR count). The summed E-state index contributed by atoms with van der Waals surface area (Å²) in [6.45, 7) is 6.17. The molecule has 0 amide bonds. The first-order valence-electron chi connectivity index (χ1n) is 7.18. The molecule has 1 aromatic heterocycles. The van der Waals surface area contributed by atoms with E-state index >= 15 is 0 Å². The van der Waals surface area contributed by atoms with Crippen molar-refractivity contribution >= 4 is 16.6 Å². The largest absolute Gasteiger partial charge is 0.370 e. The Labute approximate surface area is 119 Å². The lowest BCUT2D eigenvalue weighted by Crippen LogP contribution is -2.33. The zero-order chi connectivity index (χ0) is 14.5. The van der Waals surface area contributed by atoms with E-state index in [1.54, 1.807) is 0 Å². The van der Waals surface area contributed by atoms with Crippen LogP contribution < -0.4 is 10.9 Å². The number of pyridine rings is 1. The van der Waals surface area contributed by atoms with Crippen molar-refractivity contribution < 1.29 is 0 Å². The lowest BCUT2D eigenvalue weighted by atomic mass is 10.2. The van der Waals surface area contributed by atoms with E-state index in [1.165, 1.54) is 0 Å². The number of H-pyrrole nitrogens is 1. The van der Waals surface area contributed by atoms with E-state index in [0.717, 1.165) is 36.1 Å². The fourth-order valence-electron chi connectivity index (χ4n) is 2.21. The highest BCUT2D eigenvalue weighted by molar-refractivity contribution is 5.83. The average molecular weight is 273 g/mol.